The fourth-order valence-corrected chi connectivity index (χ4v) is 1.83. The number of methoxy groups -OCH3 is 1. The normalized spacial score (nSPS) is 30.2. The fourth-order valence-electron chi connectivity index (χ4n) is 1.83. The standard InChI is InChI=1S/C11H22N2O4/c1-11(7-17-6-9(11)12)10(15)13-8(3-4-14)5-16-2/h8-9,14H,3-7,12H2,1-2H3,(H,13,15). The van der Waals surface area contributed by atoms with Crippen molar-refractivity contribution in [3.8, 4) is 0 Å². The second kappa shape index (κ2) is 6.30. The van der Waals surface area contributed by atoms with E-state index in [9.17, 15) is 4.79 Å². The summed E-state index contributed by atoms with van der Waals surface area (Å²) in [4.78, 5) is 12.1. The van der Waals surface area contributed by atoms with Crippen LogP contribution in [-0.4, -0.2) is 56.6 Å². The Hall–Kier alpha value is -0.690. The Morgan fingerprint density at radius 1 is 1.76 bits per heavy atom. The Morgan fingerprint density at radius 3 is 2.94 bits per heavy atom. The third-order valence-electron chi connectivity index (χ3n) is 3.22. The molecule has 0 radical (unpaired) electrons. The lowest BCUT2D eigenvalue weighted by molar-refractivity contribution is -0.131. The van der Waals surface area contributed by atoms with Crippen molar-refractivity contribution in [3.63, 3.8) is 0 Å². The van der Waals surface area contributed by atoms with E-state index >= 15 is 0 Å². The summed E-state index contributed by atoms with van der Waals surface area (Å²) in [6.07, 6.45) is 0.464. The van der Waals surface area contributed by atoms with Crippen LogP contribution >= 0.6 is 0 Å². The van der Waals surface area contributed by atoms with Crippen LogP contribution in [0.3, 0.4) is 0 Å². The zero-order chi connectivity index (χ0) is 12.9. The maximum absolute atomic E-state index is 12.1. The van der Waals surface area contributed by atoms with Crippen molar-refractivity contribution in [2.24, 2.45) is 11.1 Å². The molecule has 1 amide bonds. The third kappa shape index (κ3) is 3.38. The average Bonchev–Trinajstić information content (AvgIpc) is 2.61. The van der Waals surface area contributed by atoms with Gasteiger partial charge in [-0.3, -0.25) is 4.79 Å². The van der Waals surface area contributed by atoms with Crippen LogP contribution in [0.4, 0.5) is 0 Å². The first-order chi connectivity index (χ1) is 8.04. The minimum Gasteiger partial charge on any atom is -0.396 e. The highest BCUT2D eigenvalue weighted by molar-refractivity contribution is 5.83. The maximum Gasteiger partial charge on any atom is 0.230 e. The number of carbonyl (C=O) groups is 1. The minimum absolute atomic E-state index is 0.00751. The van der Waals surface area contributed by atoms with Gasteiger partial charge in [0.25, 0.3) is 0 Å². The molecule has 1 rings (SSSR count). The van der Waals surface area contributed by atoms with Gasteiger partial charge in [0.1, 0.15) is 0 Å². The van der Waals surface area contributed by atoms with Crippen molar-refractivity contribution in [2.75, 3.05) is 33.5 Å². The van der Waals surface area contributed by atoms with Crippen LogP contribution in [0.2, 0.25) is 0 Å². The van der Waals surface area contributed by atoms with E-state index in [2.05, 4.69) is 5.32 Å². The summed E-state index contributed by atoms with van der Waals surface area (Å²) in [5.74, 6) is -0.141. The Morgan fingerprint density at radius 2 is 2.47 bits per heavy atom. The predicted molar refractivity (Wildman–Crippen MR) is 62.4 cm³/mol. The van der Waals surface area contributed by atoms with Crippen molar-refractivity contribution in [1.82, 2.24) is 5.32 Å². The van der Waals surface area contributed by atoms with E-state index in [-0.39, 0.29) is 24.6 Å². The highest BCUT2D eigenvalue weighted by atomic mass is 16.5. The number of aliphatic hydroxyl groups excluding tert-OH is 1. The predicted octanol–water partition coefficient (Wildman–Crippen LogP) is -1.14. The van der Waals surface area contributed by atoms with Gasteiger partial charge in [-0.1, -0.05) is 0 Å². The lowest BCUT2D eigenvalue weighted by Crippen LogP contribution is -2.53. The molecule has 1 saturated heterocycles. The van der Waals surface area contributed by atoms with Gasteiger partial charge in [-0.25, -0.2) is 0 Å². The van der Waals surface area contributed by atoms with Crippen LogP contribution in [0.25, 0.3) is 0 Å². The summed E-state index contributed by atoms with van der Waals surface area (Å²) in [7, 11) is 1.56. The van der Waals surface area contributed by atoms with Crippen molar-refractivity contribution in [2.45, 2.75) is 25.4 Å². The Balaban J connectivity index is 2.56. The minimum atomic E-state index is -0.693. The van der Waals surface area contributed by atoms with Crippen LogP contribution in [0.1, 0.15) is 13.3 Å². The molecule has 4 N–H and O–H groups in total. The molecule has 0 spiro atoms. The van der Waals surface area contributed by atoms with Crippen LogP contribution < -0.4 is 11.1 Å². The highest BCUT2D eigenvalue weighted by Crippen LogP contribution is 2.27. The van der Waals surface area contributed by atoms with Gasteiger partial charge < -0.3 is 25.6 Å². The molecule has 3 atom stereocenters. The topological polar surface area (TPSA) is 93.8 Å². The number of nitrogens with one attached hydrogen (secondary N) is 1. The number of amides is 1. The smallest absolute Gasteiger partial charge is 0.230 e. The molecule has 0 aromatic heterocycles. The molecular weight excluding hydrogens is 224 g/mol. The number of carbonyl (C=O) groups excluding carboxylic acids is 1. The Labute approximate surface area is 101 Å². The molecule has 0 saturated carbocycles. The maximum atomic E-state index is 12.1. The summed E-state index contributed by atoms with van der Waals surface area (Å²) in [5.41, 5.74) is 5.18. The van der Waals surface area contributed by atoms with Crippen molar-refractivity contribution in [1.29, 1.82) is 0 Å². The van der Waals surface area contributed by atoms with Crippen molar-refractivity contribution in [3.05, 3.63) is 0 Å². The zero-order valence-electron chi connectivity index (χ0n) is 10.4. The highest BCUT2D eigenvalue weighted by Gasteiger charge is 2.44. The molecule has 0 aromatic carbocycles. The number of ether oxygens (including phenoxy) is 2. The molecule has 0 aromatic rings. The van der Waals surface area contributed by atoms with E-state index in [0.717, 1.165) is 0 Å². The summed E-state index contributed by atoms with van der Waals surface area (Å²) >= 11 is 0. The first-order valence-electron chi connectivity index (χ1n) is 5.78. The zero-order valence-corrected chi connectivity index (χ0v) is 10.4. The number of aliphatic hydroxyl groups is 1. The number of hydrogen-bond acceptors (Lipinski definition) is 5. The van der Waals surface area contributed by atoms with Gasteiger partial charge in [0, 0.05) is 19.8 Å². The number of hydrogen-bond donors (Lipinski definition) is 3. The molecule has 1 aliphatic heterocycles. The number of rotatable bonds is 6. The van der Waals surface area contributed by atoms with Crippen LogP contribution in [0.15, 0.2) is 0 Å². The second-order valence-electron chi connectivity index (χ2n) is 4.68. The van der Waals surface area contributed by atoms with Gasteiger partial charge in [-0.15, -0.1) is 0 Å². The summed E-state index contributed by atoms with van der Waals surface area (Å²) in [6.45, 7) is 2.91. The van der Waals surface area contributed by atoms with Crippen LogP contribution in [0, 0.1) is 5.41 Å². The molecule has 0 bridgehead atoms. The van der Waals surface area contributed by atoms with E-state index in [1.54, 1.807) is 14.0 Å². The largest absolute Gasteiger partial charge is 0.396 e. The van der Waals surface area contributed by atoms with Gasteiger partial charge in [0.2, 0.25) is 5.91 Å². The molecule has 17 heavy (non-hydrogen) atoms. The van der Waals surface area contributed by atoms with E-state index in [4.69, 9.17) is 20.3 Å². The summed E-state index contributed by atoms with van der Waals surface area (Å²) in [5, 5.41) is 11.7. The van der Waals surface area contributed by atoms with Gasteiger partial charge in [0.05, 0.1) is 31.3 Å². The molecule has 1 fully saturated rings. The quantitative estimate of drug-likeness (QED) is 0.551. The lowest BCUT2D eigenvalue weighted by Gasteiger charge is -2.28. The monoisotopic (exact) mass is 246 g/mol. The molecule has 100 valence electrons. The molecule has 6 heteroatoms. The number of nitrogens with two attached hydrogens (primary N) is 1. The van der Waals surface area contributed by atoms with Gasteiger partial charge >= 0.3 is 0 Å². The molecular formula is C11H22N2O4. The van der Waals surface area contributed by atoms with E-state index in [1.165, 1.54) is 0 Å². The molecule has 1 heterocycles. The van der Waals surface area contributed by atoms with E-state index in [0.29, 0.717) is 26.2 Å². The van der Waals surface area contributed by atoms with Gasteiger partial charge in [-0.05, 0) is 13.3 Å². The summed E-state index contributed by atoms with van der Waals surface area (Å²) in [6, 6.07) is -0.484. The Bertz CT molecular complexity index is 256. The molecule has 1 aliphatic rings. The van der Waals surface area contributed by atoms with Gasteiger partial charge in [0.15, 0.2) is 0 Å². The first-order valence-corrected chi connectivity index (χ1v) is 5.78. The van der Waals surface area contributed by atoms with Gasteiger partial charge in [-0.2, -0.15) is 0 Å². The van der Waals surface area contributed by atoms with Crippen LogP contribution in [-0.2, 0) is 14.3 Å². The SMILES string of the molecule is COCC(CCO)NC(=O)C1(C)COCC1N. The summed E-state index contributed by atoms with van der Waals surface area (Å²) < 4.78 is 10.2. The van der Waals surface area contributed by atoms with E-state index in [1.807, 2.05) is 0 Å². The van der Waals surface area contributed by atoms with Crippen molar-refractivity contribution >= 4 is 5.91 Å². The fraction of sp³-hybridized carbons (Fsp3) is 0.909. The van der Waals surface area contributed by atoms with Crippen molar-refractivity contribution < 1.29 is 19.4 Å². The van der Waals surface area contributed by atoms with Crippen LogP contribution in [0.5, 0.6) is 0 Å². The molecule has 3 unspecified atom stereocenters. The Kier molecular flexibility index (Phi) is 5.32. The lowest BCUT2D eigenvalue weighted by atomic mass is 9.84. The first kappa shape index (κ1) is 14.4. The second-order valence-corrected chi connectivity index (χ2v) is 4.68. The average molecular weight is 246 g/mol. The molecule has 0 aliphatic carbocycles. The van der Waals surface area contributed by atoms with E-state index < -0.39 is 5.41 Å². The molecule has 6 nitrogen and oxygen atoms in total. The third-order valence-corrected chi connectivity index (χ3v) is 3.22.